The van der Waals surface area contributed by atoms with Crippen LogP contribution in [0.4, 0.5) is 29.3 Å². The molecular weight excluding hydrogens is 292 g/mol. The van der Waals surface area contributed by atoms with E-state index in [4.69, 9.17) is 4.42 Å². The molecule has 0 spiro atoms. The molecular formula is C12H12F4N4O. The van der Waals surface area contributed by atoms with E-state index in [1.54, 1.807) is 0 Å². The summed E-state index contributed by atoms with van der Waals surface area (Å²) >= 11 is 0. The van der Waals surface area contributed by atoms with Gasteiger partial charge in [-0.2, -0.15) is 13.2 Å². The molecule has 2 rings (SSSR count). The third kappa shape index (κ3) is 3.91. The van der Waals surface area contributed by atoms with Crippen molar-refractivity contribution < 1.29 is 22.0 Å². The third-order valence-electron chi connectivity index (χ3n) is 2.52. The van der Waals surface area contributed by atoms with Crippen LogP contribution in [-0.4, -0.2) is 16.7 Å². The van der Waals surface area contributed by atoms with Crippen molar-refractivity contribution in [1.29, 1.82) is 0 Å². The van der Waals surface area contributed by atoms with Gasteiger partial charge in [-0.3, -0.25) is 0 Å². The maximum Gasteiger partial charge on any atom is 0.419 e. The zero-order valence-electron chi connectivity index (χ0n) is 11.0. The molecule has 1 aromatic carbocycles. The number of rotatable bonds is 5. The SMILES string of the molecule is CCNCc1nnc(Nc2ccc(F)c(C(F)(F)F)c2)o1. The minimum Gasteiger partial charge on any atom is -0.406 e. The molecule has 9 heteroatoms. The first kappa shape index (κ1) is 15.2. The first-order valence-corrected chi connectivity index (χ1v) is 6.07. The smallest absolute Gasteiger partial charge is 0.406 e. The van der Waals surface area contributed by atoms with Crippen LogP contribution < -0.4 is 10.6 Å². The van der Waals surface area contributed by atoms with Gasteiger partial charge in [0, 0.05) is 5.69 Å². The number of nitrogens with one attached hydrogen (secondary N) is 2. The van der Waals surface area contributed by atoms with Crippen LogP contribution in [0.3, 0.4) is 0 Å². The average molecular weight is 304 g/mol. The molecule has 2 N–H and O–H groups in total. The fourth-order valence-corrected chi connectivity index (χ4v) is 1.55. The maximum absolute atomic E-state index is 13.1. The van der Waals surface area contributed by atoms with E-state index in [1.165, 1.54) is 0 Å². The van der Waals surface area contributed by atoms with Crippen LogP contribution >= 0.6 is 0 Å². The van der Waals surface area contributed by atoms with Gasteiger partial charge in [-0.25, -0.2) is 4.39 Å². The van der Waals surface area contributed by atoms with Crippen LogP contribution in [0.1, 0.15) is 18.4 Å². The number of nitrogens with zero attached hydrogens (tertiary/aromatic N) is 2. The zero-order chi connectivity index (χ0) is 15.5. The van der Waals surface area contributed by atoms with Crippen LogP contribution in [-0.2, 0) is 12.7 Å². The predicted molar refractivity (Wildman–Crippen MR) is 66.4 cm³/mol. The minimum atomic E-state index is -4.77. The Kier molecular flexibility index (Phi) is 4.41. The molecule has 0 aliphatic rings. The molecule has 0 fully saturated rings. The second-order valence-corrected chi connectivity index (χ2v) is 4.10. The summed E-state index contributed by atoms with van der Waals surface area (Å²) in [5, 5.41) is 12.8. The van der Waals surface area contributed by atoms with E-state index < -0.39 is 17.6 Å². The third-order valence-corrected chi connectivity index (χ3v) is 2.52. The van der Waals surface area contributed by atoms with Crippen molar-refractivity contribution in [3.8, 4) is 0 Å². The van der Waals surface area contributed by atoms with Crippen LogP contribution in [0.5, 0.6) is 0 Å². The monoisotopic (exact) mass is 304 g/mol. The van der Waals surface area contributed by atoms with Gasteiger partial charge >= 0.3 is 12.2 Å². The lowest BCUT2D eigenvalue weighted by molar-refractivity contribution is -0.139. The van der Waals surface area contributed by atoms with Crippen molar-refractivity contribution in [1.82, 2.24) is 15.5 Å². The van der Waals surface area contributed by atoms with Crippen molar-refractivity contribution in [2.75, 3.05) is 11.9 Å². The van der Waals surface area contributed by atoms with E-state index >= 15 is 0 Å². The number of halogens is 4. The Labute approximate surface area is 117 Å². The van der Waals surface area contributed by atoms with Gasteiger partial charge in [0.15, 0.2) is 0 Å². The highest BCUT2D eigenvalue weighted by Gasteiger charge is 2.34. The number of hydrogen-bond acceptors (Lipinski definition) is 5. The quantitative estimate of drug-likeness (QED) is 0.831. The second kappa shape index (κ2) is 6.08. The molecule has 0 bridgehead atoms. The number of anilines is 2. The Morgan fingerprint density at radius 1 is 1.24 bits per heavy atom. The Morgan fingerprint density at radius 3 is 2.67 bits per heavy atom. The maximum atomic E-state index is 13.1. The van der Waals surface area contributed by atoms with Gasteiger partial charge in [0.1, 0.15) is 5.82 Å². The molecule has 2 aromatic rings. The van der Waals surface area contributed by atoms with E-state index in [1.807, 2.05) is 6.92 Å². The first-order valence-electron chi connectivity index (χ1n) is 6.07. The Hall–Kier alpha value is -2.16. The Morgan fingerprint density at radius 2 is 2.00 bits per heavy atom. The lowest BCUT2D eigenvalue weighted by Gasteiger charge is -2.09. The number of benzene rings is 1. The summed E-state index contributed by atoms with van der Waals surface area (Å²) in [6, 6.07) is 2.45. The van der Waals surface area contributed by atoms with Crippen molar-refractivity contribution in [3.63, 3.8) is 0 Å². The van der Waals surface area contributed by atoms with E-state index in [0.717, 1.165) is 12.1 Å². The van der Waals surface area contributed by atoms with Crippen molar-refractivity contribution in [2.24, 2.45) is 0 Å². The van der Waals surface area contributed by atoms with Crippen molar-refractivity contribution >= 4 is 11.7 Å². The van der Waals surface area contributed by atoms with Crippen LogP contribution in [0.15, 0.2) is 22.6 Å². The molecule has 114 valence electrons. The molecule has 0 saturated carbocycles. The van der Waals surface area contributed by atoms with Gasteiger partial charge in [0.2, 0.25) is 5.89 Å². The molecule has 0 unspecified atom stereocenters. The molecule has 0 saturated heterocycles. The minimum absolute atomic E-state index is 0.00220. The summed E-state index contributed by atoms with van der Waals surface area (Å²) in [4.78, 5) is 0. The Balaban J connectivity index is 2.14. The molecule has 0 atom stereocenters. The lowest BCUT2D eigenvalue weighted by Crippen LogP contribution is -2.11. The molecule has 0 radical (unpaired) electrons. The van der Waals surface area contributed by atoms with E-state index in [-0.39, 0.29) is 17.6 Å². The fraction of sp³-hybridized carbons (Fsp3) is 0.333. The number of hydrogen-bond donors (Lipinski definition) is 2. The largest absolute Gasteiger partial charge is 0.419 e. The molecule has 5 nitrogen and oxygen atoms in total. The van der Waals surface area contributed by atoms with E-state index in [2.05, 4.69) is 20.8 Å². The molecule has 21 heavy (non-hydrogen) atoms. The average Bonchev–Trinajstić information content (AvgIpc) is 2.85. The standard InChI is InChI=1S/C12H12F4N4O/c1-2-17-6-10-19-20-11(21-10)18-7-3-4-9(13)8(5-7)12(14,15)16/h3-5,17H,2,6H2,1H3,(H,18,20). The first-order chi connectivity index (χ1) is 9.90. The van der Waals surface area contributed by atoms with Gasteiger partial charge in [0.25, 0.3) is 0 Å². The predicted octanol–water partition coefficient (Wildman–Crippen LogP) is 3.08. The summed E-state index contributed by atoms with van der Waals surface area (Å²) in [5.41, 5.74) is -1.36. The van der Waals surface area contributed by atoms with Gasteiger partial charge in [-0.15, -0.1) is 5.10 Å². The summed E-state index contributed by atoms with van der Waals surface area (Å²) in [6.07, 6.45) is -4.77. The Bertz CT molecular complexity index is 612. The van der Waals surface area contributed by atoms with Crippen LogP contribution in [0, 0.1) is 5.82 Å². The summed E-state index contributed by atoms with van der Waals surface area (Å²) < 4.78 is 56.1. The van der Waals surface area contributed by atoms with Crippen molar-refractivity contribution in [3.05, 3.63) is 35.5 Å². The second-order valence-electron chi connectivity index (χ2n) is 4.10. The van der Waals surface area contributed by atoms with Gasteiger partial charge < -0.3 is 15.1 Å². The summed E-state index contributed by atoms with van der Waals surface area (Å²) in [7, 11) is 0. The van der Waals surface area contributed by atoms with E-state index in [0.29, 0.717) is 19.2 Å². The number of alkyl halides is 3. The molecule has 0 amide bonds. The molecule has 0 aliphatic carbocycles. The van der Waals surface area contributed by atoms with Gasteiger partial charge in [0.05, 0.1) is 12.1 Å². The number of aromatic nitrogens is 2. The topological polar surface area (TPSA) is 63.0 Å². The highest BCUT2D eigenvalue weighted by molar-refractivity contribution is 5.53. The van der Waals surface area contributed by atoms with Crippen LogP contribution in [0.25, 0.3) is 0 Å². The van der Waals surface area contributed by atoms with Gasteiger partial charge in [-0.1, -0.05) is 12.0 Å². The zero-order valence-corrected chi connectivity index (χ0v) is 11.0. The summed E-state index contributed by atoms with van der Waals surface area (Å²) in [5.74, 6) is -1.05. The highest BCUT2D eigenvalue weighted by Crippen LogP contribution is 2.33. The lowest BCUT2D eigenvalue weighted by atomic mass is 10.2. The van der Waals surface area contributed by atoms with Gasteiger partial charge in [-0.05, 0) is 24.7 Å². The molecule has 1 heterocycles. The van der Waals surface area contributed by atoms with Crippen molar-refractivity contribution in [2.45, 2.75) is 19.6 Å². The summed E-state index contributed by atoms with van der Waals surface area (Å²) in [6.45, 7) is 2.95. The normalized spacial score (nSPS) is 11.7. The van der Waals surface area contributed by atoms with Crippen LogP contribution in [0.2, 0.25) is 0 Å². The molecule has 1 aromatic heterocycles. The fourth-order valence-electron chi connectivity index (χ4n) is 1.55. The van der Waals surface area contributed by atoms with E-state index in [9.17, 15) is 17.6 Å². The highest BCUT2D eigenvalue weighted by atomic mass is 19.4. The molecule has 0 aliphatic heterocycles.